The minimum Gasteiger partial charge on any atom is -0.479 e. The van der Waals surface area contributed by atoms with E-state index in [0.29, 0.717) is 5.69 Å². The Morgan fingerprint density at radius 1 is 1.32 bits per heavy atom. The van der Waals surface area contributed by atoms with E-state index in [-0.39, 0.29) is 6.54 Å². The Labute approximate surface area is 111 Å². The van der Waals surface area contributed by atoms with Gasteiger partial charge in [-0.05, 0) is 24.1 Å². The normalized spacial score (nSPS) is 11.7. The second-order valence-corrected chi connectivity index (χ2v) is 3.95. The summed E-state index contributed by atoms with van der Waals surface area (Å²) in [6.45, 7) is 1.96. The zero-order valence-electron chi connectivity index (χ0n) is 11.0. The number of carboxylic acid groups (broad SMARTS) is 1. The molecule has 0 saturated carbocycles. The minimum atomic E-state index is -1.12. The van der Waals surface area contributed by atoms with E-state index in [4.69, 9.17) is 9.84 Å². The molecular formula is C13H18N2O4. The lowest BCUT2D eigenvalue weighted by molar-refractivity contribution is -0.147. The Morgan fingerprint density at radius 3 is 2.42 bits per heavy atom. The van der Waals surface area contributed by atoms with Crippen molar-refractivity contribution in [1.82, 2.24) is 5.32 Å². The Bertz CT molecular complexity index is 431. The van der Waals surface area contributed by atoms with Crippen molar-refractivity contribution < 1.29 is 19.4 Å². The SMILES string of the molecule is CCc1ccc(NC(=O)NCC(OC)C(=O)O)cc1. The number of urea groups is 1. The number of amides is 2. The number of carboxylic acids is 1. The molecule has 0 bridgehead atoms. The van der Waals surface area contributed by atoms with E-state index in [1.54, 1.807) is 12.1 Å². The molecule has 0 aromatic heterocycles. The number of hydrogen-bond acceptors (Lipinski definition) is 3. The first-order valence-corrected chi connectivity index (χ1v) is 5.96. The van der Waals surface area contributed by atoms with Crippen molar-refractivity contribution in [1.29, 1.82) is 0 Å². The average Bonchev–Trinajstić information content (AvgIpc) is 2.40. The molecule has 0 aliphatic heterocycles. The van der Waals surface area contributed by atoms with E-state index in [1.807, 2.05) is 19.1 Å². The molecule has 0 aliphatic carbocycles. The van der Waals surface area contributed by atoms with E-state index in [9.17, 15) is 9.59 Å². The highest BCUT2D eigenvalue weighted by molar-refractivity contribution is 5.89. The molecule has 0 heterocycles. The molecular weight excluding hydrogens is 248 g/mol. The summed E-state index contributed by atoms with van der Waals surface area (Å²) in [4.78, 5) is 22.2. The third kappa shape index (κ3) is 4.97. The van der Waals surface area contributed by atoms with Gasteiger partial charge in [0.15, 0.2) is 6.10 Å². The number of benzene rings is 1. The largest absolute Gasteiger partial charge is 0.479 e. The highest BCUT2D eigenvalue weighted by atomic mass is 16.5. The fourth-order valence-corrected chi connectivity index (χ4v) is 1.46. The molecule has 1 atom stereocenters. The van der Waals surface area contributed by atoms with Gasteiger partial charge < -0.3 is 20.5 Å². The monoisotopic (exact) mass is 266 g/mol. The highest BCUT2D eigenvalue weighted by Crippen LogP contribution is 2.09. The topological polar surface area (TPSA) is 87.7 Å². The second kappa shape index (κ2) is 7.38. The van der Waals surface area contributed by atoms with Gasteiger partial charge in [0.25, 0.3) is 0 Å². The summed E-state index contributed by atoms with van der Waals surface area (Å²) >= 11 is 0. The van der Waals surface area contributed by atoms with Crippen molar-refractivity contribution in [3.05, 3.63) is 29.8 Å². The zero-order chi connectivity index (χ0) is 14.3. The molecule has 1 aromatic rings. The van der Waals surface area contributed by atoms with Gasteiger partial charge in [0.1, 0.15) is 0 Å². The van der Waals surface area contributed by atoms with E-state index in [0.717, 1.165) is 6.42 Å². The minimum absolute atomic E-state index is 0.0925. The van der Waals surface area contributed by atoms with Crippen LogP contribution in [0.3, 0.4) is 0 Å². The summed E-state index contributed by atoms with van der Waals surface area (Å²) in [6, 6.07) is 6.97. The van der Waals surface area contributed by atoms with Crippen LogP contribution < -0.4 is 10.6 Å². The number of methoxy groups -OCH3 is 1. The highest BCUT2D eigenvalue weighted by Gasteiger charge is 2.16. The van der Waals surface area contributed by atoms with Crippen LogP contribution in [0.4, 0.5) is 10.5 Å². The first-order valence-electron chi connectivity index (χ1n) is 5.96. The van der Waals surface area contributed by atoms with Crippen LogP contribution in [0.5, 0.6) is 0 Å². The fourth-order valence-electron chi connectivity index (χ4n) is 1.46. The number of rotatable bonds is 6. The maximum absolute atomic E-state index is 11.5. The van der Waals surface area contributed by atoms with E-state index < -0.39 is 18.1 Å². The first-order chi connectivity index (χ1) is 9.06. The molecule has 3 N–H and O–H groups in total. The zero-order valence-corrected chi connectivity index (χ0v) is 11.0. The molecule has 0 saturated heterocycles. The molecule has 0 fully saturated rings. The molecule has 0 spiro atoms. The smallest absolute Gasteiger partial charge is 0.334 e. The summed E-state index contributed by atoms with van der Waals surface area (Å²) in [6.07, 6.45) is -0.117. The fraction of sp³-hybridized carbons (Fsp3) is 0.385. The maximum atomic E-state index is 11.5. The molecule has 104 valence electrons. The van der Waals surface area contributed by atoms with Gasteiger partial charge in [-0.15, -0.1) is 0 Å². The number of carbonyl (C=O) groups is 2. The molecule has 2 amide bonds. The summed E-state index contributed by atoms with van der Waals surface area (Å²) in [5.74, 6) is -1.12. The van der Waals surface area contributed by atoms with Crippen molar-refractivity contribution in [3.63, 3.8) is 0 Å². The van der Waals surface area contributed by atoms with Crippen LogP contribution in [-0.4, -0.2) is 36.9 Å². The predicted molar refractivity (Wildman–Crippen MR) is 71.3 cm³/mol. The maximum Gasteiger partial charge on any atom is 0.334 e. The van der Waals surface area contributed by atoms with Gasteiger partial charge in [-0.3, -0.25) is 0 Å². The number of anilines is 1. The lowest BCUT2D eigenvalue weighted by atomic mass is 10.1. The van der Waals surface area contributed by atoms with Gasteiger partial charge in [0.2, 0.25) is 0 Å². The predicted octanol–water partition coefficient (Wildman–Crippen LogP) is 1.47. The van der Waals surface area contributed by atoms with Gasteiger partial charge >= 0.3 is 12.0 Å². The summed E-state index contributed by atoms with van der Waals surface area (Å²) in [5.41, 5.74) is 1.83. The van der Waals surface area contributed by atoms with Gasteiger partial charge in [-0.2, -0.15) is 0 Å². The molecule has 1 rings (SSSR count). The van der Waals surface area contributed by atoms with Crippen molar-refractivity contribution in [2.75, 3.05) is 19.0 Å². The molecule has 1 aromatic carbocycles. The molecule has 6 nitrogen and oxygen atoms in total. The standard InChI is InChI=1S/C13H18N2O4/c1-3-9-4-6-10(7-5-9)15-13(18)14-8-11(19-2)12(16)17/h4-7,11H,3,8H2,1-2H3,(H,16,17)(H2,14,15,18). The quantitative estimate of drug-likeness (QED) is 0.727. The van der Waals surface area contributed by atoms with Gasteiger partial charge in [0.05, 0.1) is 6.54 Å². The number of aliphatic carboxylic acids is 1. The Kier molecular flexibility index (Phi) is 5.81. The summed E-state index contributed by atoms with van der Waals surface area (Å²) in [7, 11) is 1.28. The van der Waals surface area contributed by atoms with Crippen LogP contribution in [0.1, 0.15) is 12.5 Å². The van der Waals surface area contributed by atoms with Crippen molar-refractivity contribution >= 4 is 17.7 Å². The number of hydrogen-bond donors (Lipinski definition) is 3. The van der Waals surface area contributed by atoms with Gasteiger partial charge in [-0.25, -0.2) is 9.59 Å². The van der Waals surface area contributed by atoms with Crippen LogP contribution in [0.15, 0.2) is 24.3 Å². The third-order valence-corrected chi connectivity index (χ3v) is 2.63. The van der Waals surface area contributed by atoms with E-state index in [2.05, 4.69) is 10.6 Å². The van der Waals surface area contributed by atoms with Crippen molar-refractivity contribution in [3.8, 4) is 0 Å². The van der Waals surface area contributed by atoms with Crippen LogP contribution in [0.2, 0.25) is 0 Å². The Balaban J connectivity index is 2.44. The third-order valence-electron chi connectivity index (χ3n) is 2.63. The second-order valence-electron chi connectivity index (χ2n) is 3.95. The van der Waals surface area contributed by atoms with E-state index in [1.165, 1.54) is 12.7 Å². The number of carbonyl (C=O) groups excluding carboxylic acids is 1. The molecule has 19 heavy (non-hydrogen) atoms. The van der Waals surface area contributed by atoms with E-state index >= 15 is 0 Å². The van der Waals surface area contributed by atoms with Crippen LogP contribution >= 0.6 is 0 Å². The first kappa shape index (κ1) is 15.0. The molecule has 1 unspecified atom stereocenters. The lowest BCUT2D eigenvalue weighted by Gasteiger charge is -2.12. The summed E-state index contributed by atoms with van der Waals surface area (Å²) in [5, 5.41) is 13.8. The average molecular weight is 266 g/mol. The Hall–Kier alpha value is -2.08. The van der Waals surface area contributed by atoms with Gasteiger partial charge in [0, 0.05) is 12.8 Å². The molecule has 6 heteroatoms. The summed E-state index contributed by atoms with van der Waals surface area (Å²) < 4.78 is 4.70. The Morgan fingerprint density at radius 2 is 1.95 bits per heavy atom. The lowest BCUT2D eigenvalue weighted by Crippen LogP contribution is -2.39. The van der Waals surface area contributed by atoms with Crippen LogP contribution in [0.25, 0.3) is 0 Å². The number of aryl methyl sites for hydroxylation is 1. The number of nitrogens with one attached hydrogen (secondary N) is 2. The van der Waals surface area contributed by atoms with Crippen molar-refractivity contribution in [2.45, 2.75) is 19.4 Å². The number of ether oxygens (including phenoxy) is 1. The van der Waals surface area contributed by atoms with Crippen LogP contribution in [-0.2, 0) is 16.0 Å². The molecule has 0 radical (unpaired) electrons. The van der Waals surface area contributed by atoms with Crippen molar-refractivity contribution in [2.24, 2.45) is 0 Å². The van der Waals surface area contributed by atoms with Gasteiger partial charge in [-0.1, -0.05) is 19.1 Å². The molecule has 0 aliphatic rings. The van der Waals surface area contributed by atoms with Crippen LogP contribution in [0, 0.1) is 0 Å².